The van der Waals surface area contributed by atoms with Crippen molar-refractivity contribution in [1.29, 1.82) is 0 Å². The van der Waals surface area contributed by atoms with Crippen molar-refractivity contribution in [2.75, 3.05) is 0 Å². The number of hydrogen-bond acceptors (Lipinski definition) is 3. The van der Waals surface area contributed by atoms with Gasteiger partial charge in [0.05, 0.1) is 0 Å². The van der Waals surface area contributed by atoms with Crippen LogP contribution in [0.25, 0.3) is 0 Å². The van der Waals surface area contributed by atoms with E-state index in [0.717, 1.165) is 46.5 Å². The monoisotopic (exact) mass is 637 g/mol. The summed E-state index contributed by atoms with van der Waals surface area (Å²) in [5.41, 5.74) is 4.84. The van der Waals surface area contributed by atoms with E-state index in [2.05, 4.69) is 105 Å². The molecule has 0 saturated heterocycles. The second-order valence-corrected chi connectivity index (χ2v) is 12.4. The van der Waals surface area contributed by atoms with Crippen molar-refractivity contribution in [2.24, 2.45) is 9.98 Å². The Labute approximate surface area is 246 Å². The van der Waals surface area contributed by atoms with Crippen molar-refractivity contribution in [3.63, 3.8) is 0 Å². The third kappa shape index (κ3) is 9.05. The van der Waals surface area contributed by atoms with Gasteiger partial charge in [-0.15, -0.1) is 0 Å². The number of halogens is 2. The van der Waals surface area contributed by atoms with Gasteiger partial charge >= 0.3 is 0 Å². The number of hydrogen-bond donors (Lipinski definition) is 1. The van der Waals surface area contributed by atoms with Crippen LogP contribution in [0.15, 0.2) is 85.2 Å². The number of amidine groups is 2. The normalized spacial score (nSPS) is 17.3. The minimum absolute atomic E-state index is 0.244. The number of nitrogens with zero attached hydrogens (tertiary/aromatic N) is 2. The van der Waals surface area contributed by atoms with Gasteiger partial charge in [0.2, 0.25) is 0 Å². The summed E-state index contributed by atoms with van der Waals surface area (Å²) in [5, 5.41) is 3.52. The Balaban J connectivity index is 1.35. The zero-order valence-electron chi connectivity index (χ0n) is 22.7. The molecule has 0 bridgehead atoms. The Morgan fingerprint density at radius 2 is 1.34 bits per heavy atom. The predicted octanol–water partition coefficient (Wildman–Crippen LogP) is 10.4. The van der Waals surface area contributed by atoms with E-state index >= 15 is 0 Å². The van der Waals surface area contributed by atoms with Crippen molar-refractivity contribution >= 4 is 43.5 Å². The van der Waals surface area contributed by atoms with Crippen LogP contribution in [0.4, 0.5) is 0 Å². The average molecular weight is 640 g/mol. The molecule has 38 heavy (non-hydrogen) atoms. The maximum atomic E-state index is 5.05. The van der Waals surface area contributed by atoms with Crippen LogP contribution in [-0.4, -0.2) is 11.7 Å². The first-order valence-corrected chi connectivity index (χ1v) is 16.0. The number of unbranched alkanes of at least 4 members (excludes halogenated alkanes) is 9. The van der Waals surface area contributed by atoms with E-state index in [4.69, 9.17) is 9.98 Å². The van der Waals surface area contributed by atoms with E-state index in [1.807, 2.05) is 0 Å². The number of benzene rings is 2. The minimum atomic E-state index is -0.244. The maximum Gasteiger partial charge on any atom is 0.169 e. The summed E-state index contributed by atoms with van der Waals surface area (Å²) >= 11 is 7.17. The molecule has 2 aliphatic rings. The van der Waals surface area contributed by atoms with Crippen molar-refractivity contribution in [1.82, 2.24) is 5.32 Å². The molecule has 1 atom stereocenters. The summed E-state index contributed by atoms with van der Waals surface area (Å²) in [6.45, 7) is 2.28. The topological polar surface area (TPSA) is 36.8 Å². The molecule has 202 valence electrons. The van der Waals surface area contributed by atoms with Crippen LogP contribution in [-0.2, 0) is 6.42 Å². The van der Waals surface area contributed by atoms with Gasteiger partial charge in [-0.1, -0.05) is 145 Å². The second-order valence-electron chi connectivity index (χ2n) is 10.4. The highest BCUT2D eigenvalue weighted by molar-refractivity contribution is 9.11. The molecule has 2 aromatic carbocycles. The molecule has 2 aromatic rings. The lowest BCUT2D eigenvalue weighted by Gasteiger charge is -2.24. The number of aryl methyl sites for hydroxylation is 1. The molecule has 5 heteroatoms. The van der Waals surface area contributed by atoms with Crippen molar-refractivity contribution in [3.8, 4) is 0 Å². The predicted molar refractivity (Wildman–Crippen MR) is 170 cm³/mol. The molecule has 1 heterocycles. The van der Waals surface area contributed by atoms with Crippen LogP contribution >= 0.6 is 31.9 Å². The Bertz CT molecular complexity index is 1140. The summed E-state index contributed by atoms with van der Waals surface area (Å²) in [6, 6.07) is 17.3. The molecule has 1 aliphatic carbocycles. The van der Waals surface area contributed by atoms with Gasteiger partial charge in [0, 0.05) is 10.0 Å². The highest BCUT2D eigenvalue weighted by Crippen LogP contribution is 2.28. The zero-order chi connectivity index (χ0) is 26.6. The summed E-state index contributed by atoms with van der Waals surface area (Å²) < 4.78 is 2.29. The molecule has 4 rings (SSSR count). The van der Waals surface area contributed by atoms with Gasteiger partial charge in [-0.2, -0.15) is 0 Å². The molecule has 0 fully saturated rings. The van der Waals surface area contributed by atoms with Crippen LogP contribution in [0.3, 0.4) is 0 Å². The van der Waals surface area contributed by atoms with Gasteiger partial charge in [-0.25, -0.2) is 9.98 Å². The highest BCUT2D eigenvalue weighted by Gasteiger charge is 2.22. The molecule has 0 saturated carbocycles. The number of rotatable bonds is 14. The number of nitrogens with one attached hydrogen (secondary N) is 1. The zero-order valence-corrected chi connectivity index (χ0v) is 25.9. The van der Waals surface area contributed by atoms with E-state index in [1.54, 1.807) is 0 Å². The van der Waals surface area contributed by atoms with E-state index in [9.17, 15) is 0 Å². The van der Waals surface area contributed by atoms with Gasteiger partial charge in [0.15, 0.2) is 6.17 Å². The van der Waals surface area contributed by atoms with Crippen LogP contribution in [0.2, 0.25) is 0 Å². The lowest BCUT2D eigenvalue weighted by atomic mass is 10.0. The molecule has 0 spiro atoms. The van der Waals surface area contributed by atoms with Crippen molar-refractivity contribution in [3.05, 3.63) is 91.9 Å². The van der Waals surface area contributed by atoms with E-state index in [0.29, 0.717) is 0 Å². The lowest BCUT2D eigenvalue weighted by molar-refractivity contribution is 0.556. The summed E-state index contributed by atoms with van der Waals surface area (Å²) in [4.78, 5) is 10.1. The lowest BCUT2D eigenvalue weighted by Crippen LogP contribution is -2.36. The molecule has 1 unspecified atom stereocenters. The SMILES string of the molecule is CCCCCCCCCCCCc1ccc(C2N=C(C3=CC=C(Br)CC3)NC(c3ccc(Br)cc3)=N2)cc1. The van der Waals surface area contributed by atoms with E-state index < -0.39 is 0 Å². The van der Waals surface area contributed by atoms with Crippen LogP contribution in [0.5, 0.6) is 0 Å². The van der Waals surface area contributed by atoms with Crippen LogP contribution in [0.1, 0.15) is 107 Å². The molecular weight excluding hydrogens is 598 g/mol. The van der Waals surface area contributed by atoms with Crippen LogP contribution < -0.4 is 5.32 Å². The van der Waals surface area contributed by atoms with Gasteiger partial charge < -0.3 is 5.32 Å². The minimum Gasteiger partial charge on any atom is -0.325 e. The quantitative estimate of drug-likeness (QED) is 0.205. The standard InChI is InChI=1S/C33H41Br2N3/c1-2-3-4-5-6-7-8-9-10-11-12-25-13-15-26(16-14-25)31-36-32(27-17-21-29(34)22-18-27)38-33(37-31)28-19-23-30(35)24-20-28/h13-19,21-23,31H,2-12,20,24H2,1H3,(H,36,37,38). The Morgan fingerprint density at radius 3 is 1.97 bits per heavy atom. The van der Waals surface area contributed by atoms with Gasteiger partial charge in [0.25, 0.3) is 0 Å². The first-order valence-electron chi connectivity index (χ1n) is 14.5. The summed E-state index contributed by atoms with van der Waals surface area (Å²) in [5.74, 6) is 1.80. The molecular formula is C33H41Br2N3. The van der Waals surface area contributed by atoms with Gasteiger partial charge in [0.1, 0.15) is 11.7 Å². The van der Waals surface area contributed by atoms with E-state index in [-0.39, 0.29) is 6.17 Å². The Kier molecular flexibility index (Phi) is 11.9. The molecule has 0 radical (unpaired) electrons. The molecule has 0 amide bonds. The Hall–Kier alpha value is -1.98. The third-order valence-corrected chi connectivity index (χ3v) is 8.55. The molecule has 3 nitrogen and oxygen atoms in total. The maximum absolute atomic E-state index is 5.05. The number of allylic oxidation sites excluding steroid dienone is 3. The third-order valence-electron chi connectivity index (χ3n) is 7.36. The molecule has 1 aliphatic heterocycles. The number of aliphatic imine (C=N–C) groups is 2. The van der Waals surface area contributed by atoms with Gasteiger partial charge in [-0.3, -0.25) is 0 Å². The molecule has 0 aromatic heterocycles. The molecule has 1 N–H and O–H groups in total. The summed E-state index contributed by atoms with van der Waals surface area (Å²) in [6.07, 6.45) is 20.9. The van der Waals surface area contributed by atoms with E-state index in [1.165, 1.54) is 79.8 Å². The highest BCUT2D eigenvalue weighted by atomic mass is 79.9. The first kappa shape index (κ1) is 29.0. The fourth-order valence-corrected chi connectivity index (χ4v) is 5.59. The second kappa shape index (κ2) is 15.6. The van der Waals surface area contributed by atoms with Crippen molar-refractivity contribution < 1.29 is 0 Å². The average Bonchev–Trinajstić information content (AvgIpc) is 2.95. The first-order chi connectivity index (χ1) is 18.6. The van der Waals surface area contributed by atoms with Gasteiger partial charge in [-0.05, 0) is 59.0 Å². The van der Waals surface area contributed by atoms with Crippen LogP contribution in [0, 0.1) is 0 Å². The summed E-state index contributed by atoms with van der Waals surface area (Å²) in [7, 11) is 0. The fraction of sp³-hybridized carbons (Fsp3) is 0.455. The van der Waals surface area contributed by atoms with Crippen molar-refractivity contribution in [2.45, 2.75) is 96.6 Å². The fourth-order valence-electron chi connectivity index (χ4n) is 5.00. The smallest absolute Gasteiger partial charge is 0.169 e. The Morgan fingerprint density at radius 1 is 0.711 bits per heavy atom. The largest absolute Gasteiger partial charge is 0.325 e.